The molecule has 0 unspecified atom stereocenters. The van der Waals surface area contributed by atoms with Gasteiger partial charge in [-0.2, -0.15) is 0 Å². The number of hydrogen-bond donors (Lipinski definition) is 0. The molecule has 0 amide bonds. The highest BCUT2D eigenvalue weighted by Gasteiger charge is 2.25. The molecular weight excluding hydrogens is 439 g/mol. The third kappa shape index (κ3) is 3.62. The number of carbonyl (C=O) groups excluding carboxylic acids is 1. The molecule has 122 valence electrons. The number of cyclic esters (lactones) is 1. The molecule has 6 heteroatoms. The van der Waals surface area contributed by atoms with Crippen LogP contribution in [0.15, 0.2) is 53.2 Å². The summed E-state index contributed by atoms with van der Waals surface area (Å²) in [5, 5.41) is 0.499. The zero-order valence-corrected chi connectivity index (χ0v) is 16.0. The Morgan fingerprint density at radius 1 is 1.17 bits per heavy atom. The van der Waals surface area contributed by atoms with E-state index in [1.165, 1.54) is 0 Å². The number of nitrogens with zero attached hydrogens (tertiary/aromatic N) is 2. The minimum Gasteiger partial charge on any atom is -0.402 e. The number of aliphatic imine (C=N–C) groups is 1. The van der Waals surface area contributed by atoms with Crippen molar-refractivity contribution in [2.75, 3.05) is 19.0 Å². The number of ether oxygens (including phenoxy) is 1. The van der Waals surface area contributed by atoms with Crippen LogP contribution in [0.25, 0.3) is 6.08 Å². The van der Waals surface area contributed by atoms with Gasteiger partial charge in [0, 0.05) is 23.4 Å². The predicted octanol–water partition coefficient (Wildman–Crippen LogP) is 4.36. The molecule has 0 aromatic heterocycles. The second-order valence-corrected chi connectivity index (χ2v) is 7.10. The minimum atomic E-state index is -0.475. The first-order chi connectivity index (χ1) is 11.4. The van der Waals surface area contributed by atoms with Gasteiger partial charge in [-0.15, -0.1) is 0 Å². The maximum absolute atomic E-state index is 12.1. The molecule has 24 heavy (non-hydrogen) atoms. The summed E-state index contributed by atoms with van der Waals surface area (Å²) in [5.41, 5.74) is 2.84. The number of hydrogen-bond acceptors (Lipinski definition) is 4. The summed E-state index contributed by atoms with van der Waals surface area (Å²) in [6.07, 6.45) is 1.70. The maximum atomic E-state index is 12.1. The summed E-state index contributed by atoms with van der Waals surface area (Å²) in [6, 6.07) is 13.3. The Labute approximate surface area is 158 Å². The molecule has 4 nitrogen and oxygen atoms in total. The van der Waals surface area contributed by atoms with E-state index in [0.717, 1.165) is 14.8 Å². The van der Waals surface area contributed by atoms with Gasteiger partial charge in [-0.3, -0.25) is 0 Å². The van der Waals surface area contributed by atoms with Crippen LogP contribution in [-0.4, -0.2) is 26.0 Å². The number of carbonyl (C=O) groups is 1. The molecule has 1 aliphatic heterocycles. The summed E-state index contributed by atoms with van der Waals surface area (Å²) < 4.78 is 6.27. The van der Waals surface area contributed by atoms with Gasteiger partial charge in [-0.25, -0.2) is 9.79 Å². The maximum Gasteiger partial charge on any atom is 0.363 e. The molecule has 0 atom stereocenters. The smallest absolute Gasteiger partial charge is 0.363 e. The van der Waals surface area contributed by atoms with E-state index in [4.69, 9.17) is 16.3 Å². The lowest BCUT2D eigenvalue weighted by atomic mass is 10.1. The Bertz CT molecular complexity index is 858. The summed E-state index contributed by atoms with van der Waals surface area (Å²) in [6.45, 7) is 0. The molecule has 3 rings (SSSR count). The van der Waals surface area contributed by atoms with Gasteiger partial charge in [-0.05, 0) is 64.6 Å². The lowest BCUT2D eigenvalue weighted by Gasteiger charge is -2.11. The van der Waals surface area contributed by atoms with Crippen LogP contribution in [-0.2, 0) is 9.53 Å². The average Bonchev–Trinajstić information content (AvgIpc) is 2.91. The molecule has 0 radical (unpaired) electrons. The Balaban J connectivity index is 1.92. The minimum absolute atomic E-state index is 0.236. The van der Waals surface area contributed by atoms with Crippen LogP contribution in [0.5, 0.6) is 0 Å². The summed E-state index contributed by atoms with van der Waals surface area (Å²) in [5.74, 6) is -0.240. The quantitative estimate of drug-likeness (QED) is 0.395. The topological polar surface area (TPSA) is 41.9 Å². The molecule has 0 aliphatic carbocycles. The Hall–Kier alpha value is -1.86. The van der Waals surface area contributed by atoms with E-state index in [-0.39, 0.29) is 11.6 Å². The van der Waals surface area contributed by atoms with Crippen LogP contribution >= 0.6 is 34.2 Å². The van der Waals surface area contributed by atoms with Crippen LogP contribution in [0.4, 0.5) is 5.69 Å². The Kier molecular flexibility index (Phi) is 4.91. The Morgan fingerprint density at radius 2 is 1.88 bits per heavy atom. The van der Waals surface area contributed by atoms with Crippen molar-refractivity contribution in [2.45, 2.75) is 0 Å². The summed E-state index contributed by atoms with van der Waals surface area (Å²) in [7, 11) is 3.95. The molecule has 0 saturated heterocycles. The van der Waals surface area contributed by atoms with Crippen molar-refractivity contribution in [1.82, 2.24) is 0 Å². The largest absolute Gasteiger partial charge is 0.402 e. The van der Waals surface area contributed by atoms with Crippen molar-refractivity contribution in [2.24, 2.45) is 4.99 Å². The number of rotatable bonds is 3. The van der Waals surface area contributed by atoms with Crippen molar-refractivity contribution < 1.29 is 9.53 Å². The SMILES string of the molecule is CN(C)c1ccc(C=C2N=C(c3cc(I)ccc3Cl)OC2=O)cc1. The van der Waals surface area contributed by atoms with Gasteiger partial charge in [0.15, 0.2) is 5.70 Å². The van der Waals surface area contributed by atoms with Crippen LogP contribution < -0.4 is 4.90 Å². The highest BCUT2D eigenvalue weighted by Crippen LogP contribution is 2.25. The van der Waals surface area contributed by atoms with Crippen molar-refractivity contribution in [3.8, 4) is 0 Å². The fourth-order valence-corrected chi connectivity index (χ4v) is 2.90. The average molecular weight is 453 g/mol. The van der Waals surface area contributed by atoms with Gasteiger partial charge < -0.3 is 9.64 Å². The summed E-state index contributed by atoms with van der Waals surface area (Å²) in [4.78, 5) is 18.4. The lowest BCUT2D eigenvalue weighted by molar-refractivity contribution is -0.129. The van der Waals surface area contributed by atoms with Crippen molar-refractivity contribution in [3.05, 3.63) is 67.9 Å². The zero-order chi connectivity index (χ0) is 17.3. The van der Waals surface area contributed by atoms with E-state index in [1.807, 2.05) is 55.4 Å². The molecule has 1 heterocycles. The predicted molar refractivity (Wildman–Crippen MR) is 106 cm³/mol. The van der Waals surface area contributed by atoms with E-state index in [1.54, 1.807) is 12.1 Å². The van der Waals surface area contributed by atoms with Crippen molar-refractivity contribution in [1.29, 1.82) is 0 Å². The molecule has 0 fully saturated rings. The van der Waals surface area contributed by atoms with Crippen LogP contribution in [0.3, 0.4) is 0 Å². The van der Waals surface area contributed by atoms with Gasteiger partial charge in [0.25, 0.3) is 0 Å². The normalized spacial score (nSPS) is 15.4. The van der Waals surface area contributed by atoms with Gasteiger partial charge in [-0.1, -0.05) is 23.7 Å². The second-order valence-electron chi connectivity index (χ2n) is 5.45. The molecule has 1 aliphatic rings. The molecule has 0 N–H and O–H groups in total. The van der Waals surface area contributed by atoms with E-state index in [9.17, 15) is 4.79 Å². The second kappa shape index (κ2) is 6.94. The molecule has 0 bridgehead atoms. The van der Waals surface area contributed by atoms with Crippen molar-refractivity contribution in [3.63, 3.8) is 0 Å². The molecule has 0 saturated carbocycles. The highest BCUT2D eigenvalue weighted by molar-refractivity contribution is 14.1. The number of esters is 1. The zero-order valence-electron chi connectivity index (χ0n) is 13.1. The first-order valence-corrected chi connectivity index (χ1v) is 8.65. The molecule has 2 aromatic rings. The lowest BCUT2D eigenvalue weighted by Crippen LogP contribution is -2.08. The monoisotopic (exact) mass is 452 g/mol. The third-order valence-electron chi connectivity index (χ3n) is 3.49. The van der Waals surface area contributed by atoms with E-state index < -0.39 is 5.97 Å². The molecular formula is C18H14ClIN2O2. The first-order valence-electron chi connectivity index (χ1n) is 7.19. The van der Waals surface area contributed by atoms with Crippen LogP contribution in [0, 0.1) is 3.57 Å². The molecule has 2 aromatic carbocycles. The number of anilines is 1. The van der Waals surface area contributed by atoms with Crippen LogP contribution in [0.1, 0.15) is 11.1 Å². The van der Waals surface area contributed by atoms with Crippen molar-refractivity contribution >= 4 is 57.8 Å². The number of benzene rings is 2. The van der Waals surface area contributed by atoms with Gasteiger partial charge in [0.05, 0.1) is 10.6 Å². The van der Waals surface area contributed by atoms with Gasteiger partial charge in [0.2, 0.25) is 5.90 Å². The van der Waals surface area contributed by atoms with E-state index >= 15 is 0 Å². The first kappa shape index (κ1) is 17.0. The molecule has 0 spiro atoms. The fraction of sp³-hybridized carbons (Fsp3) is 0.111. The van der Waals surface area contributed by atoms with E-state index in [0.29, 0.717) is 10.6 Å². The Morgan fingerprint density at radius 3 is 2.54 bits per heavy atom. The summed E-state index contributed by atoms with van der Waals surface area (Å²) >= 11 is 8.35. The van der Waals surface area contributed by atoms with Gasteiger partial charge >= 0.3 is 5.97 Å². The van der Waals surface area contributed by atoms with Gasteiger partial charge in [0.1, 0.15) is 0 Å². The standard InChI is InChI=1S/C18H14ClIN2O2/c1-22(2)13-6-3-11(4-7-13)9-16-18(23)24-17(21-16)14-10-12(20)5-8-15(14)19/h3-10H,1-2H3. The van der Waals surface area contributed by atoms with Crippen LogP contribution in [0.2, 0.25) is 5.02 Å². The number of halogens is 2. The third-order valence-corrected chi connectivity index (χ3v) is 4.49. The van der Waals surface area contributed by atoms with E-state index in [2.05, 4.69) is 27.6 Å². The fourth-order valence-electron chi connectivity index (χ4n) is 2.21. The highest BCUT2D eigenvalue weighted by atomic mass is 127.